The third kappa shape index (κ3) is 5.08. The van der Waals surface area contributed by atoms with Crippen LogP contribution in [0, 0.1) is 5.82 Å². The number of pyridine rings is 1. The molecule has 3 aromatic rings. The summed E-state index contributed by atoms with van der Waals surface area (Å²) in [5.41, 5.74) is 3.92. The summed E-state index contributed by atoms with van der Waals surface area (Å²) in [6.07, 6.45) is 3.07. The van der Waals surface area contributed by atoms with Crippen LogP contribution >= 0.6 is 0 Å². The van der Waals surface area contributed by atoms with Gasteiger partial charge >= 0.3 is 0 Å². The Morgan fingerprint density at radius 2 is 1.79 bits per heavy atom. The second-order valence-electron chi connectivity index (χ2n) is 7.70. The van der Waals surface area contributed by atoms with Gasteiger partial charge in [0, 0.05) is 36.8 Å². The molecule has 0 radical (unpaired) electrons. The van der Waals surface area contributed by atoms with Crippen molar-refractivity contribution in [3.05, 3.63) is 101 Å². The minimum atomic E-state index is -0.224. The maximum absolute atomic E-state index is 13.5. The standard InChI is InChI=1S/C25H25FN2O/c26-22-11-4-9-20(15-22)16-23-12-5-13-24(27-23)21-10-6-14-28(18-21)25(29)17-19-7-2-1-3-8-19/h1-5,7-9,11-13,15,21H,6,10,14,16-18H2/t21-/m0/s1. The van der Waals surface area contributed by atoms with Crippen molar-refractivity contribution in [1.82, 2.24) is 9.88 Å². The molecule has 0 unspecified atom stereocenters. The first-order valence-corrected chi connectivity index (χ1v) is 10.2. The fraction of sp³-hybridized carbons (Fsp3) is 0.280. The van der Waals surface area contributed by atoms with Gasteiger partial charge in [-0.1, -0.05) is 48.5 Å². The topological polar surface area (TPSA) is 33.2 Å². The van der Waals surface area contributed by atoms with E-state index in [4.69, 9.17) is 4.98 Å². The van der Waals surface area contributed by atoms with Crippen molar-refractivity contribution in [1.29, 1.82) is 0 Å². The molecule has 4 heteroatoms. The first kappa shape index (κ1) is 19.3. The van der Waals surface area contributed by atoms with Gasteiger partial charge in [-0.05, 0) is 48.2 Å². The summed E-state index contributed by atoms with van der Waals surface area (Å²) in [7, 11) is 0. The van der Waals surface area contributed by atoms with Gasteiger partial charge < -0.3 is 4.90 Å². The molecule has 4 rings (SSSR count). The van der Waals surface area contributed by atoms with Crippen LogP contribution in [-0.2, 0) is 17.6 Å². The van der Waals surface area contributed by atoms with Gasteiger partial charge in [-0.3, -0.25) is 9.78 Å². The molecule has 148 valence electrons. The zero-order valence-corrected chi connectivity index (χ0v) is 16.4. The van der Waals surface area contributed by atoms with E-state index < -0.39 is 0 Å². The molecule has 0 aliphatic carbocycles. The monoisotopic (exact) mass is 388 g/mol. The summed E-state index contributed by atoms with van der Waals surface area (Å²) < 4.78 is 13.5. The van der Waals surface area contributed by atoms with Gasteiger partial charge in [0.05, 0.1) is 6.42 Å². The van der Waals surface area contributed by atoms with Gasteiger partial charge in [0.15, 0.2) is 0 Å². The SMILES string of the molecule is O=C(Cc1ccccc1)N1CCC[C@H](c2cccc(Cc3cccc(F)c3)n2)C1. The zero-order chi connectivity index (χ0) is 20.1. The van der Waals surface area contributed by atoms with E-state index in [0.29, 0.717) is 19.4 Å². The number of rotatable bonds is 5. The number of halogens is 1. The van der Waals surface area contributed by atoms with E-state index in [1.54, 1.807) is 12.1 Å². The molecule has 3 nitrogen and oxygen atoms in total. The zero-order valence-electron chi connectivity index (χ0n) is 16.4. The summed E-state index contributed by atoms with van der Waals surface area (Å²) in [5, 5.41) is 0. The fourth-order valence-electron chi connectivity index (χ4n) is 4.01. The quantitative estimate of drug-likeness (QED) is 0.631. The summed E-state index contributed by atoms with van der Waals surface area (Å²) in [5.74, 6) is 0.200. The van der Waals surface area contributed by atoms with Crippen LogP contribution in [0.2, 0.25) is 0 Å². The molecule has 0 spiro atoms. The van der Waals surface area contributed by atoms with Crippen LogP contribution in [-0.4, -0.2) is 28.9 Å². The Balaban J connectivity index is 1.43. The first-order chi connectivity index (χ1) is 14.2. The summed E-state index contributed by atoms with van der Waals surface area (Å²) >= 11 is 0. The van der Waals surface area contributed by atoms with E-state index >= 15 is 0 Å². The van der Waals surface area contributed by atoms with E-state index in [2.05, 4.69) is 0 Å². The number of amides is 1. The van der Waals surface area contributed by atoms with Crippen LogP contribution < -0.4 is 0 Å². The lowest BCUT2D eigenvalue weighted by atomic mass is 9.93. The summed E-state index contributed by atoms with van der Waals surface area (Å²) in [4.78, 5) is 19.6. The molecule has 29 heavy (non-hydrogen) atoms. The van der Waals surface area contributed by atoms with E-state index in [1.807, 2.05) is 59.5 Å². The Bertz CT molecular complexity index is 973. The molecule has 1 amide bonds. The molecule has 1 saturated heterocycles. The molecular formula is C25H25FN2O. The molecule has 1 aliphatic heterocycles. The second kappa shape index (κ2) is 8.99. The Hall–Kier alpha value is -3.01. The molecule has 2 heterocycles. The van der Waals surface area contributed by atoms with E-state index in [1.165, 1.54) is 6.07 Å². The van der Waals surface area contributed by atoms with Gasteiger partial charge in [-0.15, -0.1) is 0 Å². The van der Waals surface area contributed by atoms with E-state index in [9.17, 15) is 9.18 Å². The normalized spacial score (nSPS) is 16.6. The van der Waals surface area contributed by atoms with Crippen molar-refractivity contribution in [2.75, 3.05) is 13.1 Å². The van der Waals surface area contributed by atoms with Crippen molar-refractivity contribution < 1.29 is 9.18 Å². The number of carbonyl (C=O) groups excluding carboxylic acids is 1. The maximum atomic E-state index is 13.5. The van der Waals surface area contributed by atoms with Gasteiger partial charge in [-0.2, -0.15) is 0 Å². The number of likely N-dealkylation sites (tertiary alicyclic amines) is 1. The van der Waals surface area contributed by atoms with Crippen molar-refractivity contribution in [2.45, 2.75) is 31.6 Å². The Labute approximate surface area is 171 Å². The average Bonchev–Trinajstić information content (AvgIpc) is 2.75. The van der Waals surface area contributed by atoms with Crippen molar-refractivity contribution >= 4 is 5.91 Å². The predicted octanol–water partition coefficient (Wildman–Crippen LogP) is 4.76. The molecule has 2 aromatic carbocycles. The lowest BCUT2D eigenvalue weighted by Crippen LogP contribution is -2.40. The number of carbonyl (C=O) groups is 1. The van der Waals surface area contributed by atoms with Gasteiger partial charge in [0.1, 0.15) is 5.82 Å². The third-order valence-electron chi connectivity index (χ3n) is 5.49. The first-order valence-electron chi connectivity index (χ1n) is 10.2. The van der Waals surface area contributed by atoms with Crippen LogP contribution in [0.25, 0.3) is 0 Å². The Morgan fingerprint density at radius 1 is 1.00 bits per heavy atom. The second-order valence-corrected chi connectivity index (χ2v) is 7.70. The number of benzene rings is 2. The summed E-state index contributed by atoms with van der Waals surface area (Å²) in [6, 6.07) is 22.6. The van der Waals surface area contributed by atoms with Gasteiger partial charge in [-0.25, -0.2) is 4.39 Å². The van der Waals surface area contributed by atoms with Crippen LogP contribution in [0.1, 0.15) is 41.3 Å². The number of hydrogen-bond donors (Lipinski definition) is 0. The minimum Gasteiger partial charge on any atom is -0.342 e. The minimum absolute atomic E-state index is 0.178. The number of nitrogens with zero attached hydrogens (tertiary/aromatic N) is 2. The molecule has 0 saturated carbocycles. The molecule has 1 aromatic heterocycles. The highest BCUT2D eigenvalue weighted by Crippen LogP contribution is 2.26. The highest BCUT2D eigenvalue weighted by Gasteiger charge is 2.25. The van der Waals surface area contributed by atoms with Crippen LogP contribution in [0.4, 0.5) is 4.39 Å². The van der Waals surface area contributed by atoms with Gasteiger partial charge in [0.25, 0.3) is 0 Å². The molecule has 0 bridgehead atoms. The number of hydrogen-bond acceptors (Lipinski definition) is 2. The number of piperidine rings is 1. The van der Waals surface area contributed by atoms with E-state index in [-0.39, 0.29) is 17.6 Å². The third-order valence-corrected chi connectivity index (χ3v) is 5.49. The molecule has 0 N–H and O–H groups in total. The van der Waals surface area contributed by atoms with Gasteiger partial charge in [0.2, 0.25) is 5.91 Å². The largest absolute Gasteiger partial charge is 0.342 e. The Kier molecular flexibility index (Phi) is 5.99. The van der Waals surface area contributed by atoms with E-state index in [0.717, 1.165) is 41.9 Å². The maximum Gasteiger partial charge on any atom is 0.227 e. The molecular weight excluding hydrogens is 363 g/mol. The fourth-order valence-corrected chi connectivity index (χ4v) is 4.01. The molecule has 1 fully saturated rings. The summed E-state index contributed by atoms with van der Waals surface area (Å²) in [6.45, 7) is 1.52. The van der Waals surface area contributed by atoms with Crippen molar-refractivity contribution in [3.8, 4) is 0 Å². The van der Waals surface area contributed by atoms with Crippen molar-refractivity contribution in [3.63, 3.8) is 0 Å². The predicted molar refractivity (Wildman–Crippen MR) is 112 cm³/mol. The van der Waals surface area contributed by atoms with Crippen LogP contribution in [0.5, 0.6) is 0 Å². The average molecular weight is 388 g/mol. The lowest BCUT2D eigenvalue weighted by Gasteiger charge is -2.32. The van der Waals surface area contributed by atoms with Crippen LogP contribution in [0.3, 0.4) is 0 Å². The van der Waals surface area contributed by atoms with Crippen molar-refractivity contribution in [2.24, 2.45) is 0 Å². The smallest absolute Gasteiger partial charge is 0.227 e. The Morgan fingerprint density at radius 3 is 2.62 bits per heavy atom. The highest BCUT2D eigenvalue weighted by molar-refractivity contribution is 5.79. The number of aromatic nitrogens is 1. The highest BCUT2D eigenvalue weighted by atomic mass is 19.1. The lowest BCUT2D eigenvalue weighted by molar-refractivity contribution is -0.131. The molecule has 1 aliphatic rings. The van der Waals surface area contributed by atoms with Crippen LogP contribution in [0.15, 0.2) is 72.8 Å². The molecule has 1 atom stereocenters.